The molecule has 0 N–H and O–H groups in total. The molecule has 0 saturated heterocycles. The smallest absolute Gasteiger partial charge is 0.0561 e. The molecule has 7 saturated carbocycles. The Morgan fingerprint density at radius 2 is 0.783 bits per heavy atom. The zero-order chi connectivity index (χ0) is 75.7. The van der Waals surface area contributed by atoms with Crippen LogP contribution in [0.25, 0.3) is 111 Å². The Morgan fingerprint density at radius 3 is 1.51 bits per heavy atom. The number of nitrogens with zero attached hydrogens (tertiary/aromatic N) is 4. The Bertz CT molecular complexity index is 6860. The van der Waals surface area contributed by atoms with E-state index in [-0.39, 0.29) is 21.7 Å². The predicted molar refractivity (Wildman–Crippen MR) is 476 cm³/mol. The Labute approximate surface area is 674 Å². The minimum absolute atomic E-state index is 0.0134. The van der Waals surface area contributed by atoms with Crippen molar-refractivity contribution in [3.63, 3.8) is 0 Å². The molecule has 556 valence electrons. The summed E-state index contributed by atoms with van der Waals surface area (Å²) in [4.78, 5) is 5.34. The summed E-state index contributed by atoms with van der Waals surface area (Å²) in [5, 5.41) is 5.02. The number of para-hydroxylation sites is 3. The number of aromatic nitrogens is 2. The number of benzene rings is 14. The van der Waals surface area contributed by atoms with Gasteiger partial charge in [-0.05, 0) is 310 Å². The standard InChI is InChI=1S/C111H92N4/c1-108(2)92-30-13-8-25-82(92)83-46-42-80(62-98(83)108)113(104-38-20-34-97-107(104)89-29-10-15-32-95(89)111(97)74-54-67-51-68(56-74)57-75(111)55-67)81-44-48-87-85-26-11-16-35-100(85)115(105(87)64-81)77-24-18-21-69(59-77)70-41-49-93-90(60-70)84-47-43-79(63-99(84)109(93,3)4)112(78-45-50-102-91(61-78)86-27-12-17-36-101(86)114(102)76-22-6-5-7-23-76)103-37-19-33-96-106(103)88-28-9-14-31-94(88)110(96)65-71-40-39-66-52-72(71)58-73(110)53-66/h5-38,41-50,59-64,66-68,71-75H,39-40,51-58,65H2,1-4H3. The van der Waals surface area contributed by atoms with Crippen molar-refractivity contribution in [2.75, 3.05) is 9.80 Å². The number of rotatable bonds is 9. The zero-order valence-electron chi connectivity index (χ0n) is 66.1. The molecule has 0 radical (unpaired) electrons. The molecular formula is C111H92N4. The first-order valence-electron chi connectivity index (χ1n) is 43.3. The van der Waals surface area contributed by atoms with E-state index >= 15 is 0 Å². The van der Waals surface area contributed by atoms with Gasteiger partial charge in [0.1, 0.15) is 0 Å². The maximum Gasteiger partial charge on any atom is 0.0561 e. The molecular weight excluding hydrogens is 1390 g/mol. The highest BCUT2D eigenvalue weighted by atomic mass is 15.2. The summed E-state index contributed by atoms with van der Waals surface area (Å²) in [7, 11) is 0. The summed E-state index contributed by atoms with van der Waals surface area (Å²) < 4.78 is 5.02. The highest BCUT2D eigenvalue weighted by molar-refractivity contribution is 6.13. The van der Waals surface area contributed by atoms with Gasteiger partial charge in [-0.25, -0.2) is 0 Å². The minimum atomic E-state index is -0.288. The minimum Gasteiger partial charge on any atom is -0.310 e. The molecule has 4 heteroatoms. The van der Waals surface area contributed by atoms with E-state index in [0.717, 1.165) is 41.0 Å². The fourth-order valence-corrected chi connectivity index (χ4v) is 27.6. The van der Waals surface area contributed by atoms with Gasteiger partial charge in [0, 0.05) is 88.5 Å². The van der Waals surface area contributed by atoms with Crippen molar-refractivity contribution >= 4 is 77.7 Å². The second-order valence-corrected chi connectivity index (χ2v) is 37.9. The van der Waals surface area contributed by atoms with Gasteiger partial charge in [0.05, 0.1) is 33.4 Å². The molecule has 2 heterocycles. The molecule has 11 aliphatic carbocycles. The average Bonchev–Trinajstić information content (AvgIpc) is 1.54. The van der Waals surface area contributed by atoms with Crippen LogP contribution in [0.4, 0.5) is 34.1 Å². The van der Waals surface area contributed by atoms with Gasteiger partial charge in [0.15, 0.2) is 0 Å². The summed E-state index contributed by atoms with van der Waals surface area (Å²) in [5.41, 5.74) is 39.3. The van der Waals surface area contributed by atoms with Crippen LogP contribution in [0.5, 0.6) is 0 Å². The first-order valence-corrected chi connectivity index (χ1v) is 43.3. The SMILES string of the molecule is CC1(C)c2ccc(-c3cccc(-n4c5ccccc5c5ccc(N(c6ccc7c(c6)C(C)(C)c6ccccc6-7)c6cccc7c6-c6ccccc6C76C7CC8CC(C7)CC6C8)cc54)c3)cc2-c2ccc(N(c3ccc4c(c3)c3ccccc3n4-c3ccccc3)c3cccc4c3-c3ccccc3C43CC4CCC5CC4CC3C5)cc21. The lowest BCUT2D eigenvalue weighted by atomic mass is 9.43. The first-order chi connectivity index (χ1) is 56.4. The number of hydrogen-bond acceptors (Lipinski definition) is 2. The highest BCUT2D eigenvalue weighted by Gasteiger charge is 2.63. The quantitative estimate of drug-likeness (QED) is 0.143. The van der Waals surface area contributed by atoms with Crippen LogP contribution in [0.1, 0.15) is 143 Å². The number of anilines is 6. The lowest BCUT2D eigenvalue weighted by Crippen LogP contribution is -2.55. The Kier molecular flexibility index (Phi) is 13.4. The van der Waals surface area contributed by atoms with Crippen molar-refractivity contribution in [1.82, 2.24) is 9.13 Å². The summed E-state index contributed by atoms with van der Waals surface area (Å²) in [6.07, 6.45) is 15.1. The van der Waals surface area contributed by atoms with Crippen LogP contribution in [0.2, 0.25) is 0 Å². The van der Waals surface area contributed by atoms with Crippen molar-refractivity contribution in [2.24, 2.45) is 47.3 Å². The molecule has 2 spiro atoms. The molecule has 115 heavy (non-hydrogen) atoms. The summed E-state index contributed by atoms with van der Waals surface area (Å²) in [6.45, 7) is 9.80. The fraction of sp³-hybridized carbons (Fsp3) is 0.243. The van der Waals surface area contributed by atoms with Gasteiger partial charge in [-0.1, -0.05) is 228 Å². The molecule has 7 fully saturated rings. The van der Waals surface area contributed by atoms with Crippen LogP contribution in [0.15, 0.2) is 303 Å². The average molecular weight is 1480 g/mol. The Morgan fingerprint density at radius 1 is 0.278 bits per heavy atom. The van der Waals surface area contributed by atoms with Crippen molar-refractivity contribution in [2.45, 2.75) is 120 Å². The van der Waals surface area contributed by atoms with Gasteiger partial charge in [-0.15, -0.1) is 0 Å². The molecule has 4 nitrogen and oxygen atoms in total. The van der Waals surface area contributed by atoms with E-state index in [9.17, 15) is 0 Å². The second kappa shape index (κ2) is 23.5. The fourth-order valence-electron chi connectivity index (χ4n) is 27.6. The molecule has 2 aromatic heterocycles. The van der Waals surface area contributed by atoms with Gasteiger partial charge in [0.25, 0.3) is 0 Å². The second-order valence-electron chi connectivity index (χ2n) is 37.9. The largest absolute Gasteiger partial charge is 0.310 e. The molecule has 0 aliphatic heterocycles. The van der Waals surface area contributed by atoms with E-state index in [1.807, 2.05) is 0 Å². The van der Waals surface area contributed by atoms with Crippen LogP contribution >= 0.6 is 0 Å². The molecule has 5 atom stereocenters. The lowest BCUT2D eigenvalue weighted by molar-refractivity contribution is -0.0399. The molecule has 16 aromatic rings. The monoisotopic (exact) mass is 1480 g/mol. The van der Waals surface area contributed by atoms with E-state index in [0.29, 0.717) is 17.8 Å². The van der Waals surface area contributed by atoms with E-state index in [4.69, 9.17) is 0 Å². The Balaban J connectivity index is 0.615. The van der Waals surface area contributed by atoms with Crippen molar-refractivity contribution < 1.29 is 0 Å². The van der Waals surface area contributed by atoms with Gasteiger partial charge in [-0.2, -0.15) is 0 Å². The molecule has 11 aliphatic rings. The van der Waals surface area contributed by atoms with Crippen LogP contribution in [-0.2, 0) is 21.7 Å². The molecule has 0 amide bonds. The summed E-state index contributed by atoms with van der Waals surface area (Å²) in [6, 6.07) is 119. The predicted octanol–water partition coefficient (Wildman–Crippen LogP) is 28.9. The van der Waals surface area contributed by atoms with Crippen LogP contribution in [0, 0.1) is 47.3 Å². The maximum atomic E-state index is 2.67. The van der Waals surface area contributed by atoms with Gasteiger partial charge < -0.3 is 18.9 Å². The third-order valence-corrected chi connectivity index (χ3v) is 32.0. The van der Waals surface area contributed by atoms with E-state index < -0.39 is 0 Å². The first kappa shape index (κ1) is 65.7. The topological polar surface area (TPSA) is 16.3 Å². The van der Waals surface area contributed by atoms with Crippen LogP contribution in [0.3, 0.4) is 0 Å². The molecule has 7 bridgehead atoms. The van der Waals surface area contributed by atoms with Gasteiger partial charge in [-0.3, -0.25) is 0 Å². The maximum absolute atomic E-state index is 2.67. The van der Waals surface area contributed by atoms with Crippen molar-refractivity contribution in [3.05, 3.63) is 348 Å². The van der Waals surface area contributed by atoms with Crippen molar-refractivity contribution in [3.8, 4) is 67.0 Å². The number of hydrogen-bond donors (Lipinski definition) is 0. The van der Waals surface area contributed by atoms with Crippen LogP contribution in [-0.4, -0.2) is 9.13 Å². The van der Waals surface area contributed by atoms with E-state index in [1.165, 1.54) is 226 Å². The van der Waals surface area contributed by atoms with Gasteiger partial charge in [0.2, 0.25) is 0 Å². The van der Waals surface area contributed by atoms with Crippen LogP contribution < -0.4 is 9.80 Å². The molecule has 14 aromatic carbocycles. The highest BCUT2D eigenvalue weighted by Crippen LogP contribution is 2.72. The zero-order valence-corrected chi connectivity index (χ0v) is 66.1. The third kappa shape index (κ3) is 8.78. The normalized spacial score (nSPS) is 24.3. The summed E-state index contributed by atoms with van der Waals surface area (Å²) in [5.74, 6) is 6.23. The van der Waals surface area contributed by atoms with Gasteiger partial charge >= 0.3 is 0 Å². The Hall–Kier alpha value is -11.7. The third-order valence-electron chi connectivity index (χ3n) is 32.0. The molecule has 27 rings (SSSR count). The van der Waals surface area contributed by atoms with Crippen molar-refractivity contribution in [1.29, 1.82) is 0 Å². The van der Waals surface area contributed by atoms with E-state index in [2.05, 4.69) is 350 Å². The lowest BCUT2D eigenvalue weighted by Gasteiger charge is -2.61. The van der Waals surface area contributed by atoms with E-state index in [1.54, 1.807) is 22.3 Å². The molecule has 5 unspecified atom stereocenters. The summed E-state index contributed by atoms with van der Waals surface area (Å²) >= 11 is 0. The number of fused-ring (bicyclic) bond motifs is 23.